The molecule has 4 heteroatoms. The zero-order valence-electron chi connectivity index (χ0n) is 33.5. The minimum Gasteiger partial charge on any atom is -0.456 e. The first-order chi connectivity index (χ1) is 30.7. The van der Waals surface area contributed by atoms with E-state index in [4.69, 9.17) is 19.4 Å². The first-order valence-electron chi connectivity index (χ1n) is 21.1. The van der Waals surface area contributed by atoms with Crippen LogP contribution in [0.25, 0.3) is 101 Å². The molecule has 0 unspecified atom stereocenters. The Labute approximate surface area is 358 Å². The van der Waals surface area contributed by atoms with Crippen LogP contribution in [0.2, 0.25) is 0 Å². The molecular formula is C58H35N3O. The fourth-order valence-corrected chi connectivity index (χ4v) is 10.4. The van der Waals surface area contributed by atoms with Gasteiger partial charge in [-0.2, -0.15) is 0 Å². The molecule has 9 aromatic carbocycles. The molecule has 0 atom stereocenters. The quantitative estimate of drug-likeness (QED) is 0.174. The molecule has 288 valence electrons. The molecular weight excluding hydrogens is 755 g/mol. The molecule has 11 aromatic rings. The summed E-state index contributed by atoms with van der Waals surface area (Å²) in [4.78, 5) is 15.7. The van der Waals surface area contributed by atoms with Crippen LogP contribution in [0.5, 0.6) is 0 Å². The highest BCUT2D eigenvalue weighted by Gasteiger charge is 2.52. The maximum Gasteiger partial charge on any atom is 0.164 e. The number of aromatic nitrogens is 3. The second-order valence-electron chi connectivity index (χ2n) is 16.2. The molecule has 2 heterocycles. The summed E-state index contributed by atoms with van der Waals surface area (Å²) in [5.41, 5.74) is 18.8. The highest BCUT2D eigenvalue weighted by Crippen LogP contribution is 2.64. The number of nitrogens with zero attached hydrogens (tertiary/aromatic N) is 3. The van der Waals surface area contributed by atoms with E-state index in [1.54, 1.807) is 0 Å². The van der Waals surface area contributed by atoms with Crippen molar-refractivity contribution in [2.24, 2.45) is 0 Å². The van der Waals surface area contributed by atoms with Crippen LogP contribution >= 0.6 is 0 Å². The van der Waals surface area contributed by atoms with Crippen molar-refractivity contribution in [2.75, 3.05) is 0 Å². The van der Waals surface area contributed by atoms with Crippen LogP contribution in [0.4, 0.5) is 0 Å². The lowest BCUT2D eigenvalue weighted by atomic mass is 9.68. The Morgan fingerprint density at radius 3 is 1.52 bits per heavy atom. The average molecular weight is 790 g/mol. The van der Waals surface area contributed by atoms with Crippen LogP contribution in [0.3, 0.4) is 0 Å². The van der Waals surface area contributed by atoms with Crippen LogP contribution < -0.4 is 0 Å². The molecule has 0 bridgehead atoms. The first-order valence-corrected chi connectivity index (χ1v) is 21.1. The van der Waals surface area contributed by atoms with E-state index in [2.05, 4.69) is 176 Å². The Kier molecular flexibility index (Phi) is 7.49. The molecule has 2 aliphatic rings. The highest BCUT2D eigenvalue weighted by atomic mass is 16.3. The van der Waals surface area contributed by atoms with Gasteiger partial charge in [0.05, 0.1) is 5.41 Å². The zero-order chi connectivity index (χ0) is 40.8. The van der Waals surface area contributed by atoms with Gasteiger partial charge < -0.3 is 4.42 Å². The fourth-order valence-electron chi connectivity index (χ4n) is 10.4. The summed E-state index contributed by atoms with van der Waals surface area (Å²) in [6.07, 6.45) is 0. The van der Waals surface area contributed by atoms with Crippen molar-refractivity contribution in [3.05, 3.63) is 235 Å². The van der Waals surface area contributed by atoms with E-state index in [1.807, 2.05) is 36.4 Å². The van der Waals surface area contributed by atoms with Crippen molar-refractivity contribution in [3.8, 4) is 78.7 Å². The van der Waals surface area contributed by atoms with Crippen molar-refractivity contribution in [1.82, 2.24) is 15.0 Å². The van der Waals surface area contributed by atoms with Crippen LogP contribution in [0, 0.1) is 0 Å². The Balaban J connectivity index is 0.997. The second kappa shape index (κ2) is 13.4. The van der Waals surface area contributed by atoms with Gasteiger partial charge in [0.1, 0.15) is 11.2 Å². The van der Waals surface area contributed by atoms with Crippen molar-refractivity contribution in [2.45, 2.75) is 5.41 Å². The van der Waals surface area contributed by atoms with E-state index >= 15 is 0 Å². The van der Waals surface area contributed by atoms with Gasteiger partial charge in [0.2, 0.25) is 0 Å². The SMILES string of the molecule is c1ccc(-c2nc(-c3cccc(-c4cccc5c4C4(c6ccccc6-c6ccccc64)c4ccccc4-5)c3)nc(-c3ccccc3-c3ccc4c(c3)oc3ccccc34)n2)cc1. The lowest BCUT2D eigenvalue weighted by Crippen LogP contribution is -2.26. The monoisotopic (exact) mass is 789 g/mol. The molecule has 0 radical (unpaired) electrons. The summed E-state index contributed by atoms with van der Waals surface area (Å²) in [6, 6.07) is 75.6. The number of para-hydroxylation sites is 1. The van der Waals surface area contributed by atoms with Crippen LogP contribution in [-0.4, -0.2) is 15.0 Å². The molecule has 0 amide bonds. The molecule has 0 aliphatic heterocycles. The van der Waals surface area contributed by atoms with Crippen LogP contribution in [0.1, 0.15) is 22.3 Å². The van der Waals surface area contributed by atoms with Crippen molar-refractivity contribution < 1.29 is 4.42 Å². The number of hydrogen-bond donors (Lipinski definition) is 0. The van der Waals surface area contributed by atoms with Crippen LogP contribution in [-0.2, 0) is 5.41 Å². The maximum atomic E-state index is 6.33. The van der Waals surface area contributed by atoms with Gasteiger partial charge >= 0.3 is 0 Å². The lowest BCUT2D eigenvalue weighted by Gasteiger charge is -2.32. The number of furan rings is 1. The van der Waals surface area contributed by atoms with E-state index in [0.717, 1.165) is 55.3 Å². The molecule has 13 rings (SSSR count). The normalized spacial score (nSPS) is 13.0. The topological polar surface area (TPSA) is 51.8 Å². The molecule has 1 spiro atoms. The summed E-state index contributed by atoms with van der Waals surface area (Å²) >= 11 is 0. The highest BCUT2D eigenvalue weighted by molar-refractivity contribution is 6.06. The fraction of sp³-hybridized carbons (Fsp3) is 0.0172. The summed E-state index contributed by atoms with van der Waals surface area (Å²) in [6.45, 7) is 0. The summed E-state index contributed by atoms with van der Waals surface area (Å²) < 4.78 is 6.33. The molecule has 2 aromatic heterocycles. The van der Waals surface area contributed by atoms with E-state index < -0.39 is 5.41 Å². The summed E-state index contributed by atoms with van der Waals surface area (Å²) in [5.74, 6) is 1.84. The van der Waals surface area contributed by atoms with Crippen LogP contribution in [0.15, 0.2) is 217 Å². The predicted molar refractivity (Wildman–Crippen MR) is 251 cm³/mol. The van der Waals surface area contributed by atoms with Crippen molar-refractivity contribution >= 4 is 21.9 Å². The second-order valence-corrected chi connectivity index (χ2v) is 16.2. The molecule has 0 saturated heterocycles. The molecule has 2 aliphatic carbocycles. The third-order valence-corrected chi connectivity index (χ3v) is 13.0. The standard InChI is InChI=1S/C58H35N3O/c1-2-16-36(17-3-1)55-59-56(61-57(60-55)48-25-5-4-20-40(48)38-32-33-46-45-24-9-13-31-52(45)62-53(46)35-38)39-19-14-18-37(34-39)41-26-15-27-47-44-23-8-12-30-51(44)58(54(41)47)49-28-10-6-21-42(49)43-22-7-11-29-50(43)58/h1-35H. The molecule has 4 nitrogen and oxygen atoms in total. The van der Waals surface area contributed by atoms with Gasteiger partial charge in [-0.15, -0.1) is 0 Å². The molecule has 0 fully saturated rings. The number of fused-ring (bicyclic) bond motifs is 13. The molecule has 0 saturated carbocycles. The Bertz CT molecular complexity index is 3540. The van der Waals surface area contributed by atoms with Gasteiger partial charge in [0, 0.05) is 27.5 Å². The minimum absolute atomic E-state index is 0.471. The van der Waals surface area contributed by atoms with Gasteiger partial charge in [-0.05, 0) is 91.0 Å². The van der Waals surface area contributed by atoms with Gasteiger partial charge in [0.15, 0.2) is 17.5 Å². The lowest BCUT2D eigenvalue weighted by molar-refractivity contribution is 0.669. The Morgan fingerprint density at radius 2 is 0.774 bits per heavy atom. The van der Waals surface area contributed by atoms with E-state index in [-0.39, 0.29) is 0 Å². The number of rotatable bonds is 5. The van der Waals surface area contributed by atoms with Gasteiger partial charge in [0.25, 0.3) is 0 Å². The Morgan fingerprint density at radius 1 is 0.290 bits per heavy atom. The zero-order valence-corrected chi connectivity index (χ0v) is 33.5. The van der Waals surface area contributed by atoms with Crippen molar-refractivity contribution in [1.29, 1.82) is 0 Å². The van der Waals surface area contributed by atoms with E-state index in [9.17, 15) is 0 Å². The number of hydrogen-bond acceptors (Lipinski definition) is 4. The predicted octanol–water partition coefficient (Wildman–Crippen LogP) is 14.4. The third kappa shape index (κ3) is 4.98. The van der Waals surface area contributed by atoms with Gasteiger partial charge in [-0.3, -0.25) is 0 Å². The first kappa shape index (κ1) is 34.6. The average Bonchev–Trinajstić information content (AvgIpc) is 3.98. The summed E-state index contributed by atoms with van der Waals surface area (Å²) in [7, 11) is 0. The van der Waals surface area contributed by atoms with Crippen molar-refractivity contribution in [3.63, 3.8) is 0 Å². The van der Waals surface area contributed by atoms with Gasteiger partial charge in [-0.25, -0.2) is 15.0 Å². The largest absolute Gasteiger partial charge is 0.456 e. The minimum atomic E-state index is -0.471. The smallest absolute Gasteiger partial charge is 0.164 e. The van der Waals surface area contributed by atoms with Gasteiger partial charge in [-0.1, -0.05) is 188 Å². The third-order valence-electron chi connectivity index (χ3n) is 13.0. The summed E-state index contributed by atoms with van der Waals surface area (Å²) in [5, 5.41) is 2.20. The molecule has 0 N–H and O–H groups in total. The maximum absolute atomic E-state index is 6.33. The molecule has 62 heavy (non-hydrogen) atoms. The van der Waals surface area contributed by atoms with E-state index in [1.165, 1.54) is 50.1 Å². The van der Waals surface area contributed by atoms with E-state index in [0.29, 0.717) is 17.5 Å². The Hall–Kier alpha value is -8.21. The number of benzene rings is 9.